The Morgan fingerprint density at radius 2 is 2.24 bits per heavy atom. The van der Waals surface area contributed by atoms with Crippen LogP contribution in [0.4, 0.5) is 10.2 Å². The van der Waals surface area contributed by atoms with Crippen molar-refractivity contribution in [3.8, 4) is 5.75 Å². The Hall–Kier alpha value is -3.62. The zero-order valence-electron chi connectivity index (χ0n) is 15.9. The number of imidazole rings is 1. The van der Waals surface area contributed by atoms with Gasteiger partial charge in [-0.15, -0.1) is 5.10 Å². The number of hydrogen-bond acceptors (Lipinski definition) is 6. The number of aromatic carboxylic acids is 1. The van der Waals surface area contributed by atoms with Gasteiger partial charge >= 0.3 is 5.97 Å². The zero-order chi connectivity index (χ0) is 20.9. The van der Waals surface area contributed by atoms with Crippen LogP contribution in [-0.2, 0) is 6.42 Å². The Morgan fingerprint density at radius 3 is 2.93 bits per heavy atom. The summed E-state index contributed by atoms with van der Waals surface area (Å²) in [5.74, 6) is -0.537. The molecule has 0 fully saturated rings. The van der Waals surface area contributed by atoms with Crippen LogP contribution in [0.1, 0.15) is 41.5 Å². The van der Waals surface area contributed by atoms with Gasteiger partial charge in [0.05, 0.1) is 12.2 Å². The largest absolute Gasteiger partial charge is 0.480 e. The molecule has 0 saturated heterocycles. The molecular formula is C20H20FN5O3. The Kier molecular flexibility index (Phi) is 4.18. The first-order valence-electron chi connectivity index (χ1n) is 8.99. The van der Waals surface area contributed by atoms with Crippen molar-refractivity contribution in [2.45, 2.75) is 31.9 Å². The molecule has 0 spiro atoms. The predicted molar refractivity (Wildman–Crippen MR) is 104 cm³/mol. The molecule has 3 heterocycles. The molecule has 1 aliphatic rings. The van der Waals surface area contributed by atoms with Crippen molar-refractivity contribution in [2.24, 2.45) is 5.73 Å². The molecule has 1 aliphatic heterocycles. The standard InChI is InChI=1S/C20H20FN5O3/c1-10(24-16-4-5-17-23-9-15(19(27)28)26(17)25-16)14-7-13(21)6-12-8-20(3,11(2)22)29-18(12)14/h4-7,9-10H,2,8,22H2,1,3H3,(H,24,25)(H,27,28)/t10-,20-/m1/s1. The van der Waals surface area contributed by atoms with Crippen molar-refractivity contribution >= 4 is 17.4 Å². The maximum atomic E-state index is 14.3. The molecular weight excluding hydrogens is 377 g/mol. The molecule has 3 aromatic rings. The van der Waals surface area contributed by atoms with E-state index in [0.29, 0.717) is 40.5 Å². The zero-order valence-corrected chi connectivity index (χ0v) is 15.9. The predicted octanol–water partition coefficient (Wildman–Crippen LogP) is 2.91. The summed E-state index contributed by atoms with van der Waals surface area (Å²) < 4.78 is 21.6. The third-order valence-electron chi connectivity index (χ3n) is 5.11. The van der Waals surface area contributed by atoms with Gasteiger partial charge in [0, 0.05) is 23.2 Å². The third-order valence-corrected chi connectivity index (χ3v) is 5.11. The number of rotatable bonds is 5. The fraction of sp³-hybridized carbons (Fsp3) is 0.250. The van der Waals surface area contributed by atoms with E-state index in [-0.39, 0.29) is 17.6 Å². The minimum Gasteiger partial charge on any atom is -0.480 e. The van der Waals surface area contributed by atoms with Crippen LogP contribution in [0.15, 0.2) is 42.7 Å². The number of nitrogens with one attached hydrogen (secondary N) is 1. The lowest BCUT2D eigenvalue weighted by Crippen LogP contribution is -2.36. The Balaban J connectivity index is 1.68. The topological polar surface area (TPSA) is 115 Å². The van der Waals surface area contributed by atoms with E-state index < -0.39 is 11.6 Å². The van der Waals surface area contributed by atoms with Gasteiger partial charge in [-0.25, -0.2) is 18.7 Å². The van der Waals surface area contributed by atoms with Crippen LogP contribution < -0.4 is 15.8 Å². The van der Waals surface area contributed by atoms with Crippen molar-refractivity contribution < 1.29 is 19.0 Å². The number of benzene rings is 1. The highest BCUT2D eigenvalue weighted by molar-refractivity contribution is 5.86. The molecule has 2 atom stereocenters. The first-order chi connectivity index (χ1) is 13.7. The second-order valence-corrected chi connectivity index (χ2v) is 7.32. The summed E-state index contributed by atoms with van der Waals surface area (Å²) in [6, 6.07) is 5.79. The molecule has 150 valence electrons. The lowest BCUT2D eigenvalue weighted by molar-refractivity contribution is 0.0688. The summed E-state index contributed by atoms with van der Waals surface area (Å²) >= 11 is 0. The molecule has 0 radical (unpaired) electrons. The van der Waals surface area contributed by atoms with Gasteiger partial charge in [-0.1, -0.05) is 6.58 Å². The lowest BCUT2D eigenvalue weighted by Gasteiger charge is -2.25. The molecule has 29 heavy (non-hydrogen) atoms. The third kappa shape index (κ3) is 3.14. The number of carboxylic acids is 1. The minimum absolute atomic E-state index is 0.0523. The molecule has 1 aromatic carbocycles. The molecule has 8 nitrogen and oxygen atoms in total. The summed E-state index contributed by atoms with van der Waals surface area (Å²) in [5.41, 5.74) is 7.14. The summed E-state index contributed by atoms with van der Waals surface area (Å²) in [5, 5.41) is 16.7. The smallest absolute Gasteiger partial charge is 0.356 e. The quantitative estimate of drug-likeness (QED) is 0.606. The lowest BCUT2D eigenvalue weighted by atomic mass is 9.95. The van der Waals surface area contributed by atoms with Crippen molar-refractivity contribution in [3.05, 3.63) is 65.4 Å². The van der Waals surface area contributed by atoms with Gasteiger partial charge in [0.2, 0.25) is 0 Å². The fourth-order valence-electron chi connectivity index (χ4n) is 3.45. The van der Waals surface area contributed by atoms with Gasteiger partial charge in [-0.2, -0.15) is 0 Å². The van der Waals surface area contributed by atoms with Crippen molar-refractivity contribution in [2.75, 3.05) is 5.32 Å². The highest BCUT2D eigenvalue weighted by atomic mass is 19.1. The molecule has 4 N–H and O–H groups in total. The van der Waals surface area contributed by atoms with Crippen LogP contribution in [0.2, 0.25) is 0 Å². The number of carbonyl (C=O) groups is 1. The monoisotopic (exact) mass is 397 g/mol. The van der Waals surface area contributed by atoms with E-state index in [4.69, 9.17) is 10.5 Å². The number of hydrogen-bond donors (Lipinski definition) is 3. The van der Waals surface area contributed by atoms with Crippen molar-refractivity contribution in [1.29, 1.82) is 0 Å². The number of nitrogens with two attached hydrogens (primary N) is 1. The first kappa shape index (κ1) is 18.7. The average molecular weight is 397 g/mol. The van der Waals surface area contributed by atoms with Crippen LogP contribution in [0.5, 0.6) is 5.75 Å². The number of ether oxygens (including phenoxy) is 1. The van der Waals surface area contributed by atoms with E-state index in [9.17, 15) is 14.3 Å². The molecule has 0 saturated carbocycles. The summed E-state index contributed by atoms with van der Waals surface area (Å²) in [7, 11) is 0. The maximum absolute atomic E-state index is 14.3. The highest BCUT2D eigenvalue weighted by Crippen LogP contribution is 2.42. The van der Waals surface area contributed by atoms with E-state index in [1.54, 1.807) is 12.1 Å². The van der Waals surface area contributed by atoms with Crippen LogP contribution >= 0.6 is 0 Å². The maximum Gasteiger partial charge on any atom is 0.356 e. The minimum atomic E-state index is -1.13. The Labute approximate surface area is 165 Å². The molecule has 0 aliphatic carbocycles. The van der Waals surface area contributed by atoms with Crippen LogP contribution in [0.3, 0.4) is 0 Å². The number of carboxylic acid groups (broad SMARTS) is 1. The van der Waals surface area contributed by atoms with Gasteiger partial charge in [0.1, 0.15) is 23.0 Å². The molecule has 4 rings (SSSR count). The number of fused-ring (bicyclic) bond motifs is 2. The second-order valence-electron chi connectivity index (χ2n) is 7.32. The van der Waals surface area contributed by atoms with Gasteiger partial charge in [0.15, 0.2) is 11.3 Å². The average Bonchev–Trinajstić information content (AvgIpc) is 3.21. The number of anilines is 1. The van der Waals surface area contributed by atoms with E-state index in [1.165, 1.54) is 22.8 Å². The van der Waals surface area contributed by atoms with E-state index in [1.807, 2.05) is 13.8 Å². The molecule has 0 bridgehead atoms. The fourth-order valence-corrected chi connectivity index (χ4v) is 3.45. The van der Waals surface area contributed by atoms with Gasteiger partial charge in [-0.05, 0) is 38.1 Å². The number of aromatic nitrogens is 3. The van der Waals surface area contributed by atoms with Crippen LogP contribution in [0.25, 0.3) is 5.65 Å². The molecule has 9 heteroatoms. The summed E-state index contributed by atoms with van der Waals surface area (Å²) in [6.45, 7) is 7.43. The second kappa shape index (κ2) is 6.47. The summed E-state index contributed by atoms with van der Waals surface area (Å²) in [4.78, 5) is 15.3. The van der Waals surface area contributed by atoms with Crippen molar-refractivity contribution in [3.63, 3.8) is 0 Å². The first-order valence-corrected chi connectivity index (χ1v) is 8.99. The molecule has 0 amide bonds. The van der Waals surface area contributed by atoms with Gasteiger partial charge in [-0.3, -0.25) is 0 Å². The van der Waals surface area contributed by atoms with Crippen LogP contribution in [-0.4, -0.2) is 31.3 Å². The number of halogens is 1. The van der Waals surface area contributed by atoms with Crippen LogP contribution in [0, 0.1) is 5.82 Å². The normalized spacial score (nSPS) is 18.9. The Morgan fingerprint density at radius 1 is 1.48 bits per heavy atom. The van der Waals surface area contributed by atoms with E-state index in [0.717, 1.165) is 0 Å². The Bertz CT molecular complexity index is 1160. The molecule has 0 unspecified atom stereocenters. The van der Waals surface area contributed by atoms with E-state index in [2.05, 4.69) is 22.0 Å². The van der Waals surface area contributed by atoms with Gasteiger partial charge in [0.25, 0.3) is 0 Å². The van der Waals surface area contributed by atoms with Crippen molar-refractivity contribution in [1.82, 2.24) is 14.6 Å². The van der Waals surface area contributed by atoms with Gasteiger partial charge < -0.3 is 20.9 Å². The van der Waals surface area contributed by atoms with E-state index >= 15 is 0 Å². The SMILES string of the molecule is C=C(N)[C@@]1(C)Cc2cc(F)cc([C@@H](C)Nc3ccc4ncc(C(=O)O)n4n3)c2O1. The number of nitrogens with zero attached hydrogens (tertiary/aromatic N) is 3. The molecule has 2 aromatic heterocycles. The summed E-state index contributed by atoms with van der Waals surface area (Å²) in [6.07, 6.45) is 1.67. The highest BCUT2D eigenvalue weighted by Gasteiger charge is 2.38.